The maximum Gasteiger partial charge on any atom is 0.303 e. The number of benzene rings is 2. The van der Waals surface area contributed by atoms with Gasteiger partial charge in [0.25, 0.3) is 5.91 Å². The van der Waals surface area contributed by atoms with Crippen molar-refractivity contribution < 1.29 is 18.8 Å². The van der Waals surface area contributed by atoms with Crippen molar-refractivity contribution in [1.29, 1.82) is 0 Å². The average Bonchev–Trinajstić information content (AvgIpc) is 3.29. The van der Waals surface area contributed by atoms with Gasteiger partial charge in [-0.3, -0.25) is 9.59 Å². The van der Waals surface area contributed by atoms with E-state index in [1.807, 2.05) is 48.5 Å². The summed E-state index contributed by atoms with van der Waals surface area (Å²) in [6, 6.07) is 18.8. The Kier molecular flexibility index (Phi) is 5.88. The van der Waals surface area contributed by atoms with Crippen molar-refractivity contribution in [3.05, 3.63) is 72.1 Å². The Morgan fingerprint density at radius 1 is 1.03 bits per heavy atom. The maximum atomic E-state index is 13.1. The van der Waals surface area contributed by atoms with Gasteiger partial charge in [-0.1, -0.05) is 65.8 Å². The summed E-state index contributed by atoms with van der Waals surface area (Å²) in [4.78, 5) is 30.9. The number of likely N-dealkylation sites (tertiary alicyclic amines) is 1. The molecule has 1 fully saturated rings. The summed E-state index contributed by atoms with van der Waals surface area (Å²) in [7, 11) is 0. The topological polar surface area (TPSA) is 85.5 Å². The summed E-state index contributed by atoms with van der Waals surface area (Å²) < 4.78 is 10.8. The summed E-state index contributed by atoms with van der Waals surface area (Å²) in [6.07, 6.45) is 0.501. The van der Waals surface area contributed by atoms with Crippen LogP contribution in [0.4, 0.5) is 0 Å². The van der Waals surface area contributed by atoms with E-state index in [4.69, 9.17) is 9.26 Å². The number of amides is 1. The lowest BCUT2D eigenvalue weighted by molar-refractivity contribution is -0.159. The van der Waals surface area contributed by atoms with Crippen LogP contribution in [-0.4, -0.2) is 40.0 Å². The first kappa shape index (κ1) is 19.8. The van der Waals surface area contributed by atoms with E-state index < -0.39 is 12.1 Å². The number of piperidine rings is 1. The molecule has 4 rings (SSSR count). The van der Waals surface area contributed by atoms with Gasteiger partial charge < -0.3 is 14.2 Å². The van der Waals surface area contributed by atoms with Gasteiger partial charge >= 0.3 is 5.97 Å². The molecule has 1 unspecified atom stereocenters. The number of carbonyl (C=O) groups is 2. The summed E-state index contributed by atoms with van der Waals surface area (Å²) >= 11 is 0. The van der Waals surface area contributed by atoms with Crippen LogP contribution < -0.4 is 0 Å². The molecule has 1 aromatic heterocycles. The normalized spacial score (nSPS) is 15.6. The number of ether oxygens (including phenoxy) is 1. The van der Waals surface area contributed by atoms with E-state index in [0.29, 0.717) is 43.2 Å². The summed E-state index contributed by atoms with van der Waals surface area (Å²) in [5, 5.41) is 4.09. The Bertz CT molecular complexity index is 996. The Morgan fingerprint density at radius 3 is 2.30 bits per heavy atom. The second-order valence-corrected chi connectivity index (χ2v) is 7.32. The Morgan fingerprint density at radius 2 is 1.67 bits per heavy atom. The van der Waals surface area contributed by atoms with Crippen LogP contribution in [0.1, 0.15) is 43.2 Å². The fraction of sp³-hybridized carbons (Fsp3) is 0.304. The molecule has 1 aliphatic rings. The number of rotatable bonds is 5. The Hall–Kier alpha value is -3.48. The van der Waals surface area contributed by atoms with E-state index in [1.165, 1.54) is 6.92 Å². The van der Waals surface area contributed by atoms with Gasteiger partial charge in [-0.2, -0.15) is 4.98 Å². The zero-order valence-electron chi connectivity index (χ0n) is 16.7. The van der Waals surface area contributed by atoms with Gasteiger partial charge in [0.05, 0.1) is 0 Å². The van der Waals surface area contributed by atoms with Crippen LogP contribution in [0.2, 0.25) is 0 Å². The molecule has 30 heavy (non-hydrogen) atoms. The molecular formula is C23H23N3O4. The minimum absolute atomic E-state index is 0.0999. The molecule has 0 aliphatic carbocycles. The van der Waals surface area contributed by atoms with Gasteiger partial charge in [0.2, 0.25) is 17.8 Å². The largest absolute Gasteiger partial charge is 0.447 e. The molecule has 1 amide bonds. The fourth-order valence-electron chi connectivity index (χ4n) is 3.67. The third-order valence-corrected chi connectivity index (χ3v) is 5.24. The molecule has 154 valence electrons. The van der Waals surface area contributed by atoms with Crippen LogP contribution in [-0.2, 0) is 14.3 Å². The molecule has 1 aliphatic heterocycles. The molecule has 7 heteroatoms. The Labute approximate surface area is 174 Å². The fourth-order valence-corrected chi connectivity index (χ4v) is 3.67. The highest BCUT2D eigenvalue weighted by Gasteiger charge is 2.33. The van der Waals surface area contributed by atoms with Crippen molar-refractivity contribution >= 4 is 11.9 Å². The van der Waals surface area contributed by atoms with E-state index >= 15 is 0 Å². The van der Waals surface area contributed by atoms with Gasteiger partial charge in [0, 0.05) is 37.1 Å². The predicted molar refractivity (Wildman–Crippen MR) is 109 cm³/mol. The molecule has 2 aromatic carbocycles. The molecule has 0 bridgehead atoms. The van der Waals surface area contributed by atoms with Crippen molar-refractivity contribution in [1.82, 2.24) is 15.0 Å². The molecule has 0 radical (unpaired) electrons. The monoisotopic (exact) mass is 405 g/mol. The second-order valence-electron chi connectivity index (χ2n) is 7.32. The van der Waals surface area contributed by atoms with Crippen LogP contribution in [0.3, 0.4) is 0 Å². The van der Waals surface area contributed by atoms with Gasteiger partial charge in [0.1, 0.15) is 0 Å². The third kappa shape index (κ3) is 4.40. The van der Waals surface area contributed by atoms with E-state index in [9.17, 15) is 9.59 Å². The van der Waals surface area contributed by atoms with E-state index in [1.54, 1.807) is 17.0 Å². The predicted octanol–water partition coefficient (Wildman–Crippen LogP) is 3.75. The maximum absolute atomic E-state index is 13.1. The van der Waals surface area contributed by atoms with Gasteiger partial charge in [-0.25, -0.2) is 0 Å². The van der Waals surface area contributed by atoms with E-state index in [0.717, 1.165) is 5.56 Å². The number of nitrogens with zero attached hydrogens (tertiary/aromatic N) is 3. The van der Waals surface area contributed by atoms with Crippen molar-refractivity contribution in [2.45, 2.75) is 31.8 Å². The minimum atomic E-state index is -0.923. The minimum Gasteiger partial charge on any atom is -0.447 e. The first-order valence-corrected chi connectivity index (χ1v) is 10.0. The summed E-state index contributed by atoms with van der Waals surface area (Å²) in [5.41, 5.74) is 1.58. The highest BCUT2D eigenvalue weighted by molar-refractivity contribution is 5.84. The molecule has 3 aromatic rings. The third-order valence-electron chi connectivity index (χ3n) is 5.24. The lowest BCUT2D eigenvalue weighted by Gasteiger charge is -2.32. The number of hydrogen-bond acceptors (Lipinski definition) is 6. The smallest absolute Gasteiger partial charge is 0.303 e. The van der Waals surface area contributed by atoms with Crippen molar-refractivity contribution in [3.8, 4) is 11.4 Å². The molecular weight excluding hydrogens is 382 g/mol. The highest BCUT2D eigenvalue weighted by atomic mass is 16.5. The lowest BCUT2D eigenvalue weighted by Crippen LogP contribution is -2.41. The molecule has 7 nitrogen and oxygen atoms in total. The van der Waals surface area contributed by atoms with E-state index in [2.05, 4.69) is 10.1 Å². The second kappa shape index (κ2) is 8.90. The van der Waals surface area contributed by atoms with Gasteiger partial charge in [-0.05, 0) is 12.8 Å². The van der Waals surface area contributed by atoms with Crippen molar-refractivity contribution in [2.24, 2.45) is 0 Å². The molecule has 1 atom stereocenters. The SMILES string of the molecule is CC(=O)OC(C(=O)N1CCC(c2nc(-c3ccccc3)no2)CC1)c1ccccc1. The van der Waals surface area contributed by atoms with Crippen LogP contribution >= 0.6 is 0 Å². The first-order valence-electron chi connectivity index (χ1n) is 10.0. The zero-order chi connectivity index (χ0) is 20.9. The molecule has 0 spiro atoms. The summed E-state index contributed by atoms with van der Waals surface area (Å²) in [5.74, 6) is 0.586. The average molecular weight is 405 g/mol. The molecule has 0 N–H and O–H groups in total. The molecule has 1 saturated heterocycles. The van der Waals surface area contributed by atoms with E-state index in [-0.39, 0.29) is 11.8 Å². The Balaban J connectivity index is 1.42. The molecule has 2 heterocycles. The zero-order valence-corrected chi connectivity index (χ0v) is 16.7. The van der Waals surface area contributed by atoms with Crippen LogP contribution in [0.25, 0.3) is 11.4 Å². The van der Waals surface area contributed by atoms with Crippen LogP contribution in [0, 0.1) is 0 Å². The quantitative estimate of drug-likeness (QED) is 0.601. The first-order chi connectivity index (χ1) is 14.6. The standard InChI is InChI=1S/C23H23N3O4/c1-16(27)29-20(17-8-4-2-5-9-17)23(28)26-14-12-19(13-15-26)22-24-21(25-30-22)18-10-6-3-7-11-18/h2-11,19-20H,12-15H2,1H3. The van der Waals surface area contributed by atoms with Crippen molar-refractivity contribution in [3.63, 3.8) is 0 Å². The van der Waals surface area contributed by atoms with Crippen LogP contribution in [0.5, 0.6) is 0 Å². The number of esters is 1. The van der Waals surface area contributed by atoms with Crippen molar-refractivity contribution in [2.75, 3.05) is 13.1 Å². The van der Waals surface area contributed by atoms with Gasteiger partial charge in [0.15, 0.2) is 0 Å². The number of hydrogen-bond donors (Lipinski definition) is 0. The van der Waals surface area contributed by atoms with Gasteiger partial charge in [-0.15, -0.1) is 0 Å². The van der Waals surface area contributed by atoms with Crippen LogP contribution in [0.15, 0.2) is 65.2 Å². The number of aromatic nitrogens is 2. The lowest BCUT2D eigenvalue weighted by atomic mass is 9.96. The number of carbonyl (C=O) groups excluding carboxylic acids is 2. The molecule has 0 saturated carbocycles. The summed E-state index contributed by atoms with van der Waals surface area (Å²) in [6.45, 7) is 2.39. The highest BCUT2D eigenvalue weighted by Crippen LogP contribution is 2.30.